The van der Waals surface area contributed by atoms with Crippen LogP contribution in [-0.4, -0.2) is 19.7 Å². The van der Waals surface area contributed by atoms with E-state index in [0.717, 1.165) is 36.0 Å². The van der Waals surface area contributed by atoms with Crippen molar-refractivity contribution in [3.63, 3.8) is 0 Å². The number of hydrogen-bond donors (Lipinski definition) is 1. The van der Waals surface area contributed by atoms with Crippen LogP contribution in [0, 0.1) is 12.8 Å². The number of ether oxygens (including phenoxy) is 1. The number of aryl methyl sites for hydroxylation is 1. The molecule has 0 amide bonds. The molecule has 1 aliphatic rings. The van der Waals surface area contributed by atoms with Gasteiger partial charge in [-0.15, -0.1) is 0 Å². The molecule has 0 aliphatic carbocycles. The Labute approximate surface area is 89.2 Å². The largest absolute Gasteiger partial charge is 0.493 e. The summed E-state index contributed by atoms with van der Waals surface area (Å²) < 4.78 is 5.70. The highest BCUT2D eigenvalue weighted by Crippen LogP contribution is 2.22. The first kappa shape index (κ1) is 9.81. The second-order valence-corrected chi connectivity index (χ2v) is 4.18. The van der Waals surface area contributed by atoms with Crippen molar-refractivity contribution in [2.24, 2.45) is 5.92 Å². The van der Waals surface area contributed by atoms with Gasteiger partial charge in [0.15, 0.2) is 0 Å². The molecule has 1 aromatic rings. The van der Waals surface area contributed by atoms with Crippen molar-refractivity contribution in [2.75, 3.05) is 19.7 Å². The first-order valence-corrected chi connectivity index (χ1v) is 5.23. The molecule has 14 heavy (non-hydrogen) atoms. The van der Waals surface area contributed by atoms with Crippen LogP contribution < -0.4 is 10.1 Å². The molecule has 1 N–H and O–H groups in total. The lowest BCUT2D eigenvalue weighted by atomic mass is 10.1. The molecule has 0 atom stereocenters. The van der Waals surface area contributed by atoms with Crippen LogP contribution in [0.3, 0.4) is 0 Å². The number of hydrogen-bond acceptors (Lipinski definition) is 2. The molecule has 76 valence electrons. The third-order valence-electron chi connectivity index (χ3n) is 2.48. The quantitative estimate of drug-likeness (QED) is 0.828. The zero-order chi connectivity index (χ0) is 9.97. The summed E-state index contributed by atoms with van der Waals surface area (Å²) in [6.45, 7) is 4.97. The average molecular weight is 212 g/mol. The third kappa shape index (κ3) is 2.20. The molecule has 0 unspecified atom stereocenters. The predicted molar refractivity (Wildman–Crippen MR) is 58.0 cm³/mol. The molecule has 1 fully saturated rings. The van der Waals surface area contributed by atoms with Gasteiger partial charge in [-0.2, -0.15) is 0 Å². The van der Waals surface area contributed by atoms with Crippen LogP contribution in [0.1, 0.15) is 5.56 Å². The Bertz CT molecular complexity index is 323. The standard InChI is InChI=1S/C11H14ClNO/c1-8-4-10(12)2-3-11(8)14-7-9-5-13-6-9/h2-4,9,13H,5-7H2,1H3. The van der Waals surface area contributed by atoms with E-state index in [1.807, 2.05) is 25.1 Å². The highest BCUT2D eigenvalue weighted by molar-refractivity contribution is 6.30. The van der Waals surface area contributed by atoms with E-state index in [9.17, 15) is 0 Å². The van der Waals surface area contributed by atoms with Crippen molar-refractivity contribution < 1.29 is 4.74 Å². The average Bonchev–Trinajstić information content (AvgIpc) is 2.05. The number of nitrogens with one attached hydrogen (secondary N) is 1. The van der Waals surface area contributed by atoms with Crippen molar-refractivity contribution in [3.05, 3.63) is 28.8 Å². The summed E-state index contributed by atoms with van der Waals surface area (Å²) in [4.78, 5) is 0. The monoisotopic (exact) mass is 211 g/mol. The maximum atomic E-state index is 5.85. The van der Waals surface area contributed by atoms with E-state index in [0.29, 0.717) is 5.92 Å². The molecule has 3 heteroatoms. The van der Waals surface area contributed by atoms with E-state index >= 15 is 0 Å². The van der Waals surface area contributed by atoms with E-state index in [-0.39, 0.29) is 0 Å². The van der Waals surface area contributed by atoms with E-state index in [4.69, 9.17) is 16.3 Å². The molecule has 1 aliphatic heterocycles. The fourth-order valence-electron chi connectivity index (χ4n) is 1.45. The fraction of sp³-hybridized carbons (Fsp3) is 0.455. The Balaban J connectivity index is 1.94. The predicted octanol–water partition coefficient (Wildman–Crippen LogP) is 2.25. The topological polar surface area (TPSA) is 21.3 Å². The van der Waals surface area contributed by atoms with Crippen molar-refractivity contribution in [1.82, 2.24) is 5.32 Å². The van der Waals surface area contributed by atoms with Crippen LogP contribution in [0.25, 0.3) is 0 Å². The molecular weight excluding hydrogens is 198 g/mol. The van der Waals surface area contributed by atoms with E-state index in [2.05, 4.69) is 5.32 Å². The smallest absolute Gasteiger partial charge is 0.122 e. The number of rotatable bonds is 3. The lowest BCUT2D eigenvalue weighted by Gasteiger charge is -2.27. The lowest BCUT2D eigenvalue weighted by Crippen LogP contribution is -2.45. The van der Waals surface area contributed by atoms with Crippen molar-refractivity contribution in [1.29, 1.82) is 0 Å². The number of halogens is 1. The van der Waals surface area contributed by atoms with Crippen LogP contribution in [-0.2, 0) is 0 Å². The first-order valence-electron chi connectivity index (χ1n) is 4.85. The Hall–Kier alpha value is -0.730. The van der Waals surface area contributed by atoms with Crippen LogP contribution >= 0.6 is 11.6 Å². The molecule has 1 heterocycles. The second-order valence-electron chi connectivity index (χ2n) is 3.75. The molecule has 1 aromatic carbocycles. The minimum atomic E-state index is 0.671. The summed E-state index contributed by atoms with van der Waals surface area (Å²) in [6.07, 6.45) is 0. The molecular formula is C11H14ClNO. The first-order chi connectivity index (χ1) is 6.75. The molecule has 0 aromatic heterocycles. The summed E-state index contributed by atoms with van der Waals surface area (Å²) in [7, 11) is 0. The van der Waals surface area contributed by atoms with Crippen LogP contribution in [0.4, 0.5) is 0 Å². The highest BCUT2D eigenvalue weighted by atomic mass is 35.5. The van der Waals surface area contributed by atoms with Crippen LogP contribution in [0.15, 0.2) is 18.2 Å². The molecule has 0 bridgehead atoms. The Kier molecular flexibility index (Phi) is 2.94. The molecule has 2 rings (SSSR count). The fourth-order valence-corrected chi connectivity index (χ4v) is 1.68. The Morgan fingerprint density at radius 1 is 1.50 bits per heavy atom. The van der Waals surface area contributed by atoms with Gasteiger partial charge in [0.1, 0.15) is 5.75 Å². The van der Waals surface area contributed by atoms with Gasteiger partial charge in [-0.25, -0.2) is 0 Å². The molecule has 0 saturated carbocycles. The molecule has 0 spiro atoms. The van der Waals surface area contributed by atoms with Gasteiger partial charge >= 0.3 is 0 Å². The zero-order valence-corrected chi connectivity index (χ0v) is 8.97. The summed E-state index contributed by atoms with van der Waals surface area (Å²) in [6, 6.07) is 5.72. The van der Waals surface area contributed by atoms with Crippen molar-refractivity contribution in [2.45, 2.75) is 6.92 Å². The zero-order valence-electron chi connectivity index (χ0n) is 8.22. The summed E-state index contributed by atoms with van der Waals surface area (Å²) in [5.74, 6) is 1.62. The van der Waals surface area contributed by atoms with Crippen LogP contribution in [0.2, 0.25) is 5.02 Å². The lowest BCUT2D eigenvalue weighted by molar-refractivity contribution is 0.198. The normalized spacial score (nSPS) is 16.4. The van der Waals surface area contributed by atoms with E-state index in [1.54, 1.807) is 0 Å². The van der Waals surface area contributed by atoms with Gasteiger partial charge < -0.3 is 10.1 Å². The maximum absolute atomic E-state index is 5.85. The summed E-state index contributed by atoms with van der Waals surface area (Å²) >= 11 is 5.85. The highest BCUT2D eigenvalue weighted by Gasteiger charge is 2.17. The minimum absolute atomic E-state index is 0.671. The van der Waals surface area contributed by atoms with Gasteiger partial charge in [0.25, 0.3) is 0 Å². The van der Waals surface area contributed by atoms with Crippen molar-refractivity contribution in [3.8, 4) is 5.75 Å². The number of benzene rings is 1. The molecule has 1 saturated heterocycles. The van der Waals surface area contributed by atoms with Gasteiger partial charge in [0, 0.05) is 24.0 Å². The van der Waals surface area contributed by atoms with E-state index < -0.39 is 0 Å². The van der Waals surface area contributed by atoms with E-state index in [1.165, 1.54) is 0 Å². The van der Waals surface area contributed by atoms with Crippen molar-refractivity contribution >= 4 is 11.6 Å². The van der Waals surface area contributed by atoms with Gasteiger partial charge in [-0.05, 0) is 30.7 Å². The third-order valence-corrected chi connectivity index (χ3v) is 2.71. The van der Waals surface area contributed by atoms with Crippen LogP contribution in [0.5, 0.6) is 5.75 Å². The molecule has 0 radical (unpaired) electrons. The Morgan fingerprint density at radius 3 is 2.86 bits per heavy atom. The Morgan fingerprint density at radius 2 is 2.29 bits per heavy atom. The minimum Gasteiger partial charge on any atom is -0.493 e. The van der Waals surface area contributed by atoms with Gasteiger partial charge in [0.2, 0.25) is 0 Å². The second kappa shape index (κ2) is 4.20. The van der Waals surface area contributed by atoms with Gasteiger partial charge in [0.05, 0.1) is 6.61 Å². The molecule has 2 nitrogen and oxygen atoms in total. The maximum Gasteiger partial charge on any atom is 0.122 e. The summed E-state index contributed by atoms with van der Waals surface area (Å²) in [5, 5.41) is 3.98. The van der Waals surface area contributed by atoms with Gasteiger partial charge in [-0.3, -0.25) is 0 Å². The summed E-state index contributed by atoms with van der Waals surface area (Å²) in [5.41, 5.74) is 1.10. The van der Waals surface area contributed by atoms with Gasteiger partial charge in [-0.1, -0.05) is 11.6 Å². The SMILES string of the molecule is Cc1cc(Cl)ccc1OCC1CNC1.